The SMILES string of the molecule is O=C(Cl)c1c(Cl)ccc(I)c1[N+](=O)[O-]. The number of nitro groups is 1. The van der Waals surface area contributed by atoms with Crippen LogP contribution in [0.1, 0.15) is 10.4 Å². The number of nitro benzene ring substituents is 1. The van der Waals surface area contributed by atoms with Gasteiger partial charge < -0.3 is 0 Å². The number of carbonyl (C=O) groups is 1. The van der Waals surface area contributed by atoms with E-state index in [0.717, 1.165) is 0 Å². The zero-order valence-corrected chi connectivity index (χ0v) is 10.1. The molecule has 4 nitrogen and oxygen atoms in total. The standard InChI is InChI=1S/C7H2Cl2INO3/c8-3-1-2-4(10)6(11(13)14)5(3)7(9)12/h1-2H. The minimum absolute atomic E-state index is 0.0166. The molecule has 0 N–H and O–H groups in total. The van der Waals surface area contributed by atoms with Crippen molar-refractivity contribution in [3.8, 4) is 0 Å². The van der Waals surface area contributed by atoms with Crippen molar-refractivity contribution in [1.82, 2.24) is 0 Å². The van der Waals surface area contributed by atoms with Gasteiger partial charge in [0.25, 0.3) is 10.9 Å². The molecule has 0 radical (unpaired) electrons. The maximum atomic E-state index is 10.9. The number of hydrogen-bond acceptors (Lipinski definition) is 3. The maximum absolute atomic E-state index is 10.9. The fourth-order valence-electron chi connectivity index (χ4n) is 0.907. The summed E-state index contributed by atoms with van der Waals surface area (Å²) < 4.78 is 0.320. The van der Waals surface area contributed by atoms with E-state index >= 15 is 0 Å². The molecular formula is C7H2Cl2INO3. The molecule has 0 atom stereocenters. The molecule has 0 bridgehead atoms. The fourth-order valence-corrected chi connectivity index (χ4v) is 2.03. The number of benzene rings is 1. The Balaban J connectivity index is 3.58. The Kier molecular flexibility index (Phi) is 3.68. The van der Waals surface area contributed by atoms with Gasteiger partial charge in [-0.05, 0) is 46.3 Å². The number of nitrogens with zero attached hydrogens (tertiary/aromatic N) is 1. The molecule has 0 fully saturated rings. The molecule has 1 aromatic rings. The van der Waals surface area contributed by atoms with E-state index in [-0.39, 0.29) is 16.3 Å². The van der Waals surface area contributed by atoms with Gasteiger partial charge in [0, 0.05) is 0 Å². The van der Waals surface area contributed by atoms with Crippen LogP contribution < -0.4 is 0 Å². The average molecular weight is 346 g/mol. The smallest absolute Gasteiger partial charge is 0.275 e. The Morgan fingerprint density at radius 1 is 1.50 bits per heavy atom. The Morgan fingerprint density at radius 3 is 2.43 bits per heavy atom. The van der Waals surface area contributed by atoms with Gasteiger partial charge in [0.2, 0.25) is 0 Å². The number of hydrogen-bond donors (Lipinski definition) is 0. The zero-order valence-electron chi connectivity index (χ0n) is 6.46. The van der Waals surface area contributed by atoms with Gasteiger partial charge >= 0.3 is 0 Å². The van der Waals surface area contributed by atoms with Crippen molar-refractivity contribution in [3.05, 3.63) is 36.4 Å². The molecule has 0 saturated carbocycles. The van der Waals surface area contributed by atoms with Crippen LogP contribution in [-0.4, -0.2) is 10.2 Å². The molecule has 0 aliphatic carbocycles. The highest BCUT2D eigenvalue weighted by molar-refractivity contribution is 14.1. The minimum atomic E-state index is -0.930. The van der Waals surface area contributed by atoms with Gasteiger partial charge in [0.15, 0.2) is 0 Å². The molecule has 14 heavy (non-hydrogen) atoms. The van der Waals surface area contributed by atoms with Crippen molar-refractivity contribution in [3.63, 3.8) is 0 Å². The van der Waals surface area contributed by atoms with Gasteiger partial charge in [0.1, 0.15) is 5.56 Å². The molecule has 0 aliphatic rings. The Bertz CT molecular complexity index is 383. The van der Waals surface area contributed by atoms with Crippen LogP contribution >= 0.6 is 45.8 Å². The second kappa shape index (κ2) is 4.41. The van der Waals surface area contributed by atoms with Crippen LogP contribution in [0.5, 0.6) is 0 Å². The second-order valence-electron chi connectivity index (χ2n) is 2.28. The van der Waals surface area contributed by atoms with E-state index in [9.17, 15) is 14.9 Å². The highest BCUT2D eigenvalue weighted by Crippen LogP contribution is 2.32. The van der Waals surface area contributed by atoms with E-state index in [1.54, 1.807) is 22.6 Å². The van der Waals surface area contributed by atoms with Gasteiger partial charge in [-0.1, -0.05) is 11.6 Å². The van der Waals surface area contributed by atoms with Crippen LogP contribution in [0.4, 0.5) is 5.69 Å². The zero-order chi connectivity index (χ0) is 10.9. The van der Waals surface area contributed by atoms with Crippen LogP contribution in [0.25, 0.3) is 0 Å². The minimum Gasteiger partial charge on any atom is -0.275 e. The lowest BCUT2D eigenvalue weighted by Crippen LogP contribution is -2.01. The first kappa shape index (κ1) is 11.7. The van der Waals surface area contributed by atoms with Gasteiger partial charge in [-0.3, -0.25) is 14.9 Å². The first-order chi connectivity index (χ1) is 6.45. The summed E-state index contributed by atoms with van der Waals surface area (Å²) in [6, 6.07) is 2.84. The normalized spacial score (nSPS) is 9.93. The summed E-state index contributed by atoms with van der Waals surface area (Å²) >= 11 is 12.6. The van der Waals surface area contributed by atoms with Crippen molar-refractivity contribution in [1.29, 1.82) is 0 Å². The fraction of sp³-hybridized carbons (Fsp3) is 0. The molecule has 0 amide bonds. The third kappa shape index (κ3) is 2.15. The highest BCUT2D eigenvalue weighted by Gasteiger charge is 2.25. The van der Waals surface area contributed by atoms with Crippen LogP contribution in [0, 0.1) is 13.7 Å². The summed E-state index contributed by atoms with van der Waals surface area (Å²) in [6.45, 7) is 0. The summed E-state index contributed by atoms with van der Waals surface area (Å²) in [6.07, 6.45) is 0. The molecule has 0 aliphatic heterocycles. The van der Waals surface area contributed by atoms with E-state index in [0.29, 0.717) is 3.57 Å². The van der Waals surface area contributed by atoms with Crippen molar-refractivity contribution in [2.24, 2.45) is 0 Å². The predicted molar refractivity (Wildman–Crippen MR) is 61.0 cm³/mol. The van der Waals surface area contributed by atoms with Crippen LogP contribution in [-0.2, 0) is 0 Å². The van der Waals surface area contributed by atoms with E-state index < -0.39 is 10.2 Å². The average Bonchev–Trinajstić information content (AvgIpc) is 2.07. The molecule has 7 heteroatoms. The molecule has 74 valence electrons. The predicted octanol–water partition coefficient (Wildman–Crippen LogP) is 3.23. The summed E-state index contributed by atoms with van der Waals surface area (Å²) in [7, 11) is 0. The number of halogens is 3. The summed E-state index contributed by atoms with van der Waals surface area (Å²) in [5.74, 6) is 0. The molecule has 0 unspecified atom stereocenters. The molecule has 0 heterocycles. The van der Waals surface area contributed by atoms with Crippen molar-refractivity contribution in [2.75, 3.05) is 0 Å². The van der Waals surface area contributed by atoms with E-state index in [4.69, 9.17) is 23.2 Å². The van der Waals surface area contributed by atoms with Crippen molar-refractivity contribution < 1.29 is 9.72 Å². The Hall–Kier alpha value is -0.400. The van der Waals surface area contributed by atoms with Crippen LogP contribution in [0.3, 0.4) is 0 Å². The van der Waals surface area contributed by atoms with E-state index in [1.807, 2.05) is 0 Å². The lowest BCUT2D eigenvalue weighted by molar-refractivity contribution is -0.386. The topological polar surface area (TPSA) is 60.2 Å². The number of rotatable bonds is 2. The van der Waals surface area contributed by atoms with E-state index in [1.165, 1.54) is 12.1 Å². The summed E-state index contributed by atoms with van der Waals surface area (Å²) in [5.41, 5.74) is -0.608. The van der Waals surface area contributed by atoms with Gasteiger partial charge in [-0.25, -0.2) is 0 Å². The molecule has 0 aromatic heterocycles. The first-order valence-electron chi connectivity index (χ1n) is 3.27. The quantitative estimate of drug-likeness (QED) is 0.358. The third-order valence-electron chi connectivity index (χ3n) is 1.46. The van der Waals surface area contributed by atoms with Gasteiger partial charge in [-0.15, -0.1) is 0 Å². The highest BCUT2D eigenvalue weighted by atomic mass is 127. The van der Waals surface area contributed by atoms with E-state index in [2.05, 4.69) is 0 Å². The molecular weight excluding hydrogens is 344 g/mol. The van der Waals surface area contributed by atoms with Crippen molar-refractivity contribution in [2.45, 2.75) is 0 Å². The largest absolute Gasteiger partial charge is 0.296 e. The Labute approximate surface area is 102 Å². The third-order valence-corrected chi connectivity index (χ3v) is 2.83. The van der Waals surface area contributed by atoms with Crippen molar-refractivity contribution >= 4 is 56.7 Å². The van der Waals surface area contributed by atoms with Crippen LogP contribution in [0.15, 0.2) is 12.1 Å². The van der Waals surface area contributed by atoms with Crippen LogP contribution in [0.2, 0.25) is 5.02 Å². The first-order valence-corrected chi connectivity index (χ1v) is 5.11. The van der Waals surface area contributed by atoms with Gasteiger partial charge in [0.05, 0.1) is 13.5 Å². The molecule has 1 rings (SSSR count). The summed E-state index contributed by atoms with van der Waals surface area (Å²) in [5, 5.41) is 9.68. The molecule has 1 aromatic carbocycles. The molecule has 0 spiro atoms. The lowest BCUT2D eigenvalue weighted by atomic mass is 10.2. The lowest BCUT2D eigenvalue weighted by Gasteiger charge is -2.01. The monoisotopic (exact) mass is 345 g/mol. The Morgan fingerprint density at radius 2 is 2.07 bits per heavy atom. The number of carbonyl (C=O) groups excluding carboxylic acids is 1. The molecule has 0 saturated heterocycles. The summed E-state index contributed by atoms with van der Waals surface area (Å²) in [4.78, 5) is 20.9. The van der Waals surface area contributed by atoms with Gasteiger partial charge in [-0.2, -0.15) is 0 Å². The maximum Gasteiger partial charge on any atom is 0.296 e. The second-order valence-corrected chi connectivity index (χ2v) is 4.20.